The zero-order valence-electron chi connectivity index (χ0n) is 11.9. The molecule has 1 aromatic rings. The quantitative estimate of drug-likeness (QED) is 0.777. The van der Waals surface area contributed by atoms with E-state index in [2.05, 4.69) is 4.98 Å². The fourth-order valence-corrected chi connectivity index (χ4v) is 3.17. The van der Waals surface area contributed by atoms with Gasteiger partial charge in [0.05, 0.1) is 11.4 Å². The van der Waals surface area contributed by atoms with Crippen molar-refractivity contribution in [1.29, 1.82) is 0 Å². The molecule has 0 saturated carbocycles. The number of anilines is 1. The molecule has 1 unspecified atom stereocenters. The summed E-state index contributed by atoms with van der Waals surface area (Å²) in [5.41, 5.74) is 2.62. The predicted octanol–water partition coefficient (Wildman–Crippen LogP) is 1.43. The minimum Gasteiger partial charge on any atom is -0.331 e. The Morgan fingerprint density at radius 3 is 2.75 bits per heavy atom. The molecule has 2 aliphatic heterocycles. The number of fused-ring (bicyclic) bond motifs is 1. The van der Waals surface area contributed by atoms with Crippen LogP contribution in [-0.2, 0) is 9.59 Å². The fourth-order valence-electron chi connectivity index (χ4n) is 3.17. The van der Waals surface area contributed by atoms with Crippen LogP contribution in [-0.4, -0.2) is 40.8 Å². The van der Waals surface area contributed by atoms with Crippen LogP contribution in [0.1, 0.15) is 30.7 Å². The summed E-state index contributed by atoms with van der Waals surface area (Å²) in [6.07, 6.45) is 2.09. The van der Waals surface area contributed by atoms with Gasteiger partial charge >= 0.3 is 0 Å². The van der Waals surface area contributed by atoms with Gasteiger partial charge in [0.15, 0.2) is 0 Å². The van der Waals surface area contributed by atoms with Gasteiger partial charge in [-0.3, -0.25) is 14.6 Å². The van der Waals surface area contributed by atoms with Crippen molar-refractivity contribution >= 4 is 17.5 Å². The molecule has 20 heavy (non-hydrogen) atoms. The number of hydrogen-bond acceptors (Lipinski definition) is 3. The highest BCUT2D eigenvalue weighted by atomic mass is 16.2. The Kier molecular flexibility index (Phi) is 3.20. The maximum absolute atomic E-state index is 12.7. The molecule has 0 spiro atoms. The van der Waals surface area contributed by atoms with Crippen molar-refractivity contribution in [2.75, 3.05) is 18.0 Å². The van der Waals surface area contributed by atoms with E-state index in [1.54, 1.807) is 9.80 Å². The van der Waals surface area contributed by atoms with E-state index in [0.29, 0.717) is 19.5 Å². The van der Waals surface area contributed by atoms with Crippen LogP contribution in [0.2, 0.25) is 0 Å². The average molecular weight is 273 g/mol. The first-order valence-electron chi connectivity index (χ1n) is 7.13. The average Bonchev–Trinajstić information content (AvgIpc) is 2.85. The minimum absolute atomic E-state index is 0.0436. The summed E-state index contributed by atoms with van der Waals surface area (Å²) in [6.45, 7) is 5.02. The molecule has 0 radical (unpaired) electrons. The van der Waals surface area contributed by atoms with Gasteiger partial charge in [0.1, 0.15) is 6.04 Å². The topological polar surface area (TPSA) is 53.5 Å². The van der Waals surface area contributed by atoms with Crippen LogP contribution in [0.25, 0.3) is 0 Å². The van der Waals surface area contributed by atoms with Crippen LogP contribution in [0.3, 0.4) is 0 Å². The molecular weight excluding hydrogens is 254 g/mol. The van der Waals surface area contributed by atoms with Gasteiger partial charge in [0.25, 0.3) is 0 Å². The number of nitrogens with zero attached hydrogens (tertiary/aromatic N) is 3. The standard InChI is InChI=1S/C15H19N3O2/c1-10-5-6-12(11(2)16-10)18-9-7-14(19)17-8-3-4-13(17)15(18)20/h5-6,13H,3-4,7-9H2,1-2H3. The summed E-state index contributed by atoms with van der Waals surface area (Å²) in [4.78, 5) is 32.7. The third-order valence-corrected chi connectivity index (χ3v) is 4.16. The van der Waals surface area contributed by atoms with E-state index in [1.807, 2.05) is 26.0 Å². The molecule has 0 aromatic carbocycles. The Morgan fingerprint density at radius 2 is 2.00 bits per heavy atom. The lowest BCUT2D eigenvalue weighted by atomic mass is 10.1. The number of carbonyl (C=O) groups is 2. The van der Waals surface area contributed by atoms with Crippen molar-refractivity contribution in [2.45, 2.75) is 39.2 Å². The lowest BCUT2D eigenvalue weighted by Gasteiger charge is -2.26. The highest BCUT2D eigenvalue weighted by Crippen LogP contribution is 2.28. The summed E-state index contributed by atoms with van der Waals surface area (Å²) in [5.74, 6) is 0.142. The van der Waals surface area contributed by atoms with Gasteiger partial charge in [-0.1, -0.05) is 0 Å². The van der Waals surface area contributed by atoms with Gasteiger partial charge in [-0.25, -0.2) is 0 Å². The number of pyridine rings is 1. The minimum atomic E-state index is -0.272. The Morgan fingerprint density at radius 1 is 1.20 bits per heavy atom. The van der Waals surface area contributed by atoms with Gasteiger partial charge in [-0.2, -0.15) is 0 Å². The first-order chi connectivity index (χ1) is 9.58. The van der Waals surface area contributed by atoms with E-state index < -0.39 is 0 Å². The number of rotatable bonds is 1. The van der Waals surface area contributed by atoms with Crippen LogP contribution in [0.5, 0.6) is 0 Å². The molecule has 2 aliphatic rings. The summed E-state index contributed by atoms with van der Waals surface area (Å²) in [5, 5.41) is 0. The Labute approximate surface area is 118 Å². The van der Waals surface area contributed by atoms with Crippen molar-refractivity contribution in [3.63, 3.8) is 0 Å². The molecule has 5 nitrogen and oxygen atoms in total. The number of hydrogen-bond donors (Lipinski definition) is 0. The molecule has 0 bridgehead atoms. The van der Waals surface area contributed by atoms with Crippen LogP contribution in [0.15, 0.2) is 12.1 Å². The zero-order chi connectivity index (χ0) is 14.3. The van der Waals surface area contributed by atoms with Crippen molar-refractivity contribution in [1.82, 2.24) is 9.88 Å². The molecule has 3 rings (SSSR count). The molecule has 1 atom stereocenters. The Balaban J connectivity index is 1.96. The Hall–Kier alpha value is -1.91. The SMILES string of the molecule is Cc1ccc(N2CCC(=O)N3CCCC3C2=O)c(C)n1. The van der Waals surface area contributed by atoms with Crippen molar-refractivity contribution < 1.29 is 9.59 Å². The monoisotopic (exact) mass is 273 g/mol. The Bertz CT molecular complexity index is 570. The maximum atomic E-state index is 12.7. The molecule has 0 aliphatic carbocycles. The zero-order valence-corrected chi connectivity index (χ0v) is 11.9. The highest BCUT2D eigenvalue weighted by molar-refractivity contribution is 6.01. The molecule has 106 valence electrons. The van der Waals surface area contributed by atoms with Crippen LogP contribution < -0.4 is 4.90 Å². The third kappa shape index (κ3) is 2.07. The second kappa shape index (κ2) is 4.89. The molecule has 2 amide bonds. The molecular formula is C15H19N3O2. The number of carbonyl (C=O) groups excluding carboxylic acids is 2. The van der Waals surface area contributed by atoms with E-state index in [0.717, 1.165) is 29.9 Å². The van der Waals surface area contributed by atoms with Gasteiger partial charge in [-0.15, -0.1) is 0 Å². The number of aromatic nitrogens is 1. The molecule has 2 saturated heterocycles. The first kappa shape index (κ1) is 13.1. The first-order valence-corrected chi connectivity index (χ1v) is 7.13. The third-order valence-electron chi connectivity index (χ3n) is 4.16. The van der Waals surface area contributed by atoms with E-state index >= 15 is 0 Å². The lowest BCUT2D eigenvalue weighted by Crippen LogP contribution is -2.44. The predicted molar refractivity (Wildman–Crippen MR) is 75.4 cm³/mol. The molecule has 5 heteroatoms. The summed E-state index contributed by atoms with van der Waals surface area (Å²) >= 11 is 0. The molecule has 0 N–H and O–H groups in total. The maximum Gasteiger partial charge on any atom is 0.249 e. The summed E-state index contributed by atoms with van der Waals surface area (Å²) in [6, 6.07) is 3.57. The summed E-state index contributed by atoms with van der Waals surface area (Å²) in [7, 11) is 0. The normalized spacial score (nSPS) is 23.0. The lowest BCUT2D eigenvalue weighted by molar-refractivity contribution is -0.135. The molecule has 2 fully saturated rings. The van der Waals surface area contributed by atoms with Gasteiger partial charge in [0, 0.05) is 25.2 Å². The molecule has 1 aromatic heterocycles. The van der Waals surface area contributed by atoms with E-state index in [1.165, 1.54) is 0 Å². The van der Waals surface area contributed by atoms with Gasteiger partial charge in [-0.05, 0) is 38.8 Å². The smallest absolute Gasteiger partial charge is 0.249 e. The van der Waals surface area contributed by atoms with Crippen LogP contribution in [0, 0.1) is 13.8 Å². The van der Waals surface area contributed by atoms with Crippen LogP contribution in [0.4, 0.5) is 5.69 Å². The summed E-state index contributed by atoms with van der Waals surface area (Å²) < 4.78 is 0. The van der Waals surface area contributed by atoms with Crippen molar-refractivity contribution in [3.8, 4) is 0 Å². The van der Waals surface area contributed by atoms with E-state index in [9.17, 15) is 9.59 Å². The van der Waals surface area contributed by atoms with E-state index in [-0.39, 0.29) is 17.9 Å². The number of aryl methyl sites for hydroxylation is 2. The van der Waals surface area contributed by atoms with Crippen molar-refractivity contribution in [2.24, 2.45) is 0 Å². The largest absolute Gasteiger partial charge is 0.331 e. The van der Waals surface area contributed by atoms with Crippen LogP contribution >= 0.6 is 0 Å². The second-order valence-corrected chi connectivity index (χ2v) is 5.54. The van der Waals surface area contributed by atoms with E-state index in [4.69, 9.17) is 0 Å². The highest BCUT2D eigenvalue weighted by Gasteiger charge is 2.39. The van der Waals surface area contributed by atoms with Gasteiger partial charge in [0.2, 0.25) is 11.8 Å². The molecule has 3 heterocycles. The number of amides is 2. The van der Waals surface area contributed by atoms with Crippen molar-refractivity contribution in [3.05, 3.63) is 23.5 Å². The second-order valence-electron chi connectivity index (χ2n) is 5.54. The van der Waals surface area contributed by atoms with Gasteiger partial charge < -0.3 is 9.80 Å². The fraction of sp³-hybridized carbons (Fsp3) is 0.533.